The molecule has 1 aliphatic heterocycles. The van der Waals surface area contributed by atoms with Gasteiger partial charge in [-0.05, 0) is 6.42 Å². The average molecular weight is 220 g/mol. The summed E-state index contributed by atoms with van der Waals surface area (Å²) in [4.78, 5) is 10.6. The molecule has 0 radical (unpaired) electrons. The smallest absolute Gasteiger partial charge is 0.209 e. The van der Waals surface area contributed by atoms with Crippen molar-refractivity contribution in [1.82, 2.24) is 5.01 Å². The van der Waals surface area contributed by atoms with Crippen LogP contribution in [0.15, 0.2) is 40.7 Å². The minimum absolute atomic E-state index is 0.309. The van der Waals surface area contributed by atoms with Crippen molar-refractivity contribution in [2.45, 2.75) is 19.3 Å². The topological polar surface area (TPSA) is 32.7 Å². The maximum atomic E-state index is 12.8. The highest BCUT2D eigenvalue weighted by molar-refractivity contribution is 5.77. The summed E-state index contributed by atoms with van der Waals surface area (Å²) in [6.45, 7) is 0.607. The standard InChI is InChI=1S/C12H13FN2O/c13-12-7-8-15(14-12)11-5-1-3-10(9-16)4-2-6-11/h1,3-4,6,9H,2,5,7-8H2/b3-1?,10-4?,11-6+. The molecule has 3 nitrogen and oxygen atoms in total. The Morgan fingerprint density at radius 2 is 2.31 bits per heavy atom. The van der Waals surface area contributed by atoms with Crippen molar-refractivity contribution < 1.29 is 9.18 Å². The van der Waals surface area contributed by atoms with Gasteiger partial charge in [0.05, 0.1) is 0 Å². The van der Waals surface area contributed by atoms with E-state index in [-0.39, 0.29) is 5.97 Å². The molecule has 0 saturated carbocycles. The normalized spacial score (nSPS) is 24.1. The lowest BCUT2D eigenvalue weighted by Gasteiger charge is -2.16. The highest BCUT2D eigenvalue weighted by Gasteiger charge is 2.16. The number of aldehydes is 1. The largest absolute Gasteiger partial charge is 0.298 e. The van der Waals surface area contributed by atoms with Crippen LogP contribution in [0.25, 0.3) is 0 Å². The molecule has 0 aromatic heterocycles. The van der Waals surface area contributed by atoms with Crippen LogP contribution >= 0.6 is 0 Å². The summed E-state index contributed by atoms with van der Waals surface area (Å²) < 4.78 is 12.8. The van der Waals surface area contributed by atoms with Gasteiger partial charge in [0.1, 0.15) is 6.29 Å². The Morgan fingerprint density at radius 3 is 3.00 bits per heavy atom. The molecule has 0 amide bonds. The van der Waals surface area contributed by atoms with E-state index < -0.39 is 0 Å². The van der Waals surface area contributed by atoms with Crippen LogP contribution in [-0.2, 0) is 4.79 Å². The Bertz CT molecular complexity index is 407. The van der Waals surface area contributed by atoms with Crippen molar-refractivity contribution in [2.24, 2.45) is 5.10 Å². The van der Waals surface area contributed by atoms with Gasteiger partial charge < -0.3 is 0 Å². The quantitative estimate of drug-likeness (QED) is 0.669. The summed E-state index contributed by atoms with van der Waals surface area (Å²) in [6.07, 6.45) is 10.1. The van der Waals surface area contributed by atoms with Crippen LogP contribution in [-0.4, -0.2) is 23.8 Å². The summed E-state index contributed by atoms with van der Waals surface area (Å²) in [7, 11) is 0. The van der Waals surface area contributed by atoms with E-state index in [1.165, 1.54) is 0 Å². The molecule has 0 unspecified atom stereocenters. The van der Waals surface area contributed by atoms with Crippen molar-refractivity contribution in [2.75, 3.05) is 6.54 Å². The van der Waals surface area contributed by atoms with Crippen molar-refractivity contribution in [3.05, 3.63) is 35.6 Å². The molecule has 4 heteroatoms. The van der Waals surface area contributed by atoms with Gasteiger partial charge in [-0.15, -0.1) is 5.10 Å². The molecular weight excluding hydrogens is 207 g/mol. The van der Waals surface area contributed by atoms with Crippen LogP contribution in [0.5, 0.6) is 0 Å². The Labute approximate surface area is 93.6 Å². The summed E-state index contributed by atoms with van der Waals surface area (Å²) in [5.41, 5.74) is 1.68. The zero-order valence-corrected chi connectivity index (χ0v) is 8.90. The van der Waals surface area contributed by atoms with E-state index >= 15 is 0 Å². The van der Waals surface area contributed by atoms with Crippen LogP contribution in [0.3, 0.4) is 0 Å². The fourth-order valence-corrected chi connectivity index (χ4v) is 1.73. The predicted molar refractivity (Wildman–Crippen MR) is 60.5 cm³/mol. The number of carbonyl (C=O) groups is 1. The van der Waals surface area contributed by atoms with Gasteiger partial charge in [0.15, 0.2) is 0 Å². The van der Waals surface area contributed by atoms with Gasteiger partial charge in [-0.2, -0.15) is 4.39 Å². The van der Waals surface area contributed by atoms with Crippen molar-refractivity contribution in [1.29, 1.82) is 0 Å². The molecule has 2 rings (SSSR count). The minimum Gasteiger partial charge on any atom is -0.298 e. The number of hydrazone groups is 1. The van der Waals surface area contributed by atoms with E-state index in [4.69, 9.17) is 0 Å². The van der Waals surface area contributed by atoms with Crippen molar-refractivity contribution >= 4 is 12.3 Å². The van der Waals surface area contributed by atoms with Gasteiger partial charge in [0, 0.05) is 30.7 Å². The molecule has 1 heterocycles. The molecule has 0 bridgehead atoms. The number of hydrogen-bond acceptors (Lipinski definition) is 3. The Hall–Kier alpha value is -1.71. The highest BCUT2D eigenvalue weighted by atomic mass is 19.1. The second kappa shape index (κ2) is 4.88. The molecule has 84 valence electrons. The third kappa shape index (κ3) is 2.45. The van der Waals surface area contributed by atoms with Crippen molar-refractivity contribution in [3.63, 3.8) is 0 Å². The average Bonchev–Trinajstić information content (AvgIpc) is 2.65. The third-order valence-electron chi connectivity index (χ3n) is 2.57. The Balaban J connectivity index is 2.11. The van der Waals surface area contributed by atoms with E-state index in [2.05, 4.69) is 5.10 Å². The molecule has 0 aromatic carbocycles. The first-order valence-electron chi connectivity index (χ1n) is 5.31. The van der Waals surface area contributed by atoms with E-state index in [0.29, 0.717) is 31.4 Å². The van der Waals surface area contributed by atoms with Gasteiger partial charge in [0.25, 0.3) is 0 Å². The van der Waals surface area contributed by atoms with E-state index in [1.807, 2.05) is 18.2 Å². The molecule has 0 saturated heterocycles. The van der Waals surface area contributed by atoms with Gasteiger partial charge in [-0.3, -0.25) is 9.80 Å². The highest BCUT2D eigenvalue weighted by Crippen LogP contribution is 2.19. The van der Waals surface area contributed by atoms with Gasteiger partial charge in [-0.25, -0.2) is 0 Å². The molecule has 0 N–H and O–H groups in total. The predicted octanol–water partition coefficient (Wildman–Crippen LogP) is 2.33. The first-order chi connectivity index (χ1) is 7.79. The third-order valence-corrected chi connectivity index (χ3v) is 2.57. The molecule has 0 fully saturated rings. The monoisotopic (exact) mass is 220 g/mol. The molecule has 16 heavy (non-hydrogen) atoms. The number of hydrogen-bond donors (Lipinski definition) is 0. The second-order valence-electron chi connectivity index (χ2n) is 3.71. The lowest BCUT2D eigenvalue weighted by Crippen LogP contribution is -2.13. The molecule has 1 aliphatic carbocycles. The molecule has 2 aliphatic rings. The molecule has 0 aromatic rings. The number of carbonyl (C=O) groups excluding carboxylic acids is 1. The molecule has 0 spiro atoms. The molecular formula is C12H13FN2O. The van der Waals surface area contributed by atoms with E-state index in [1.54, 1.807) is 11.1 Å². The summed E-state index contributed by atoms with van der Waals surface area (Å²) in [6, 6.07) is 0. The molecule has 0 atom stereocenters. The SMILES string of the molecule is O=CC1=CC/C=C(/N2CCC(F)=N2)CC=C1. The van der Waals surface area contributed by atoms with Crippen LogP contribution in [0.1, 0.15) is 19.3 Å². The fraction of sp³-hybridized carbons (Fsp3) is 0.333. The van der Waals surface area contributed by atoms with Gasteiger partial charge >= 0.3 is 0 Å². The second-order valence-corrected chi connectivity index (χ2v) is 3.71. The number of halogens is 1. The summed E-state index contributed by atoms with van der Waals surface area (Å²) in [5, 5.41) is 5.51. The van der Waals surface area contributed by atoms with Gasteiger partial charge in [0.2, 0.25) is 5.97 Å². The van der Waals surface area contributed by atoms with Crippen LogP contribution in [0.2, 0.25) is 0 Å². The minimum atomic E-state index is -0.309. The van der Waals surface area contributed by atoms with E-state index in [0.717, 1.165) is 12.0 Å². The van der Waals surface area contributed by atoms with Crippen LogP contribution in [0, 0.1) is 0 Å². The summed E-state index contributed by atoms with van der Waals surface area (Å²) in [5.74, 6) is -0.309. The maximum Gasteiger partial charge on any atom is 0.209 e. The van der Waals surface area contributed by atoms with Crippen LogP contribution < -0.4 is 0 Å². The Kier molecular flexibility index (Phi) is 3.29. The maximum absolute atomic E-state index is 12.8. The van der Waals surface area contributed by atoms with Crippen LogP contribution in [0.4, 0.5) is 4.39 Å². The first kappa shape index (κ1) is 10.8. The van der Waals surface area contributed by atoms with Crippen molar-refractivity contribution in [3.8, 4) is 0 Å². The zero-order chi connectivity index (χ0) is 11.4. The number of nitrogens with zero attached hydrogens (tertiary/aromatic N) is 2. The lowest BCUT2D eigenvalue weighted by molar-refractivity contribution is -0.104. The summed E-state index contributed by atoms with van der Waals surface area (Å²) >= 11 is 0. The fourth-order valence-electron chi connectivity index (χ4n) is 1.73. The van der Waals surface area contributed by atoms with E-state index in [9.17, 15) is 9.18 Å². The number of allylic oxidation sites excluding steroid dienone is 5. The number of rotatable bonds is 2. The zero-order valence-electron chi connectivity index (χ0n) is 8.90. The first-order valence-corrected chi connectivity index (χ1v) is 5.31. The van der Waals surface area contributed by atoms with Gasteiger partial charge in [-0.1, -0.05) is 24.3 Å². The lowest BCUT2D eigenvalue weighted by atomic mass is 10.1. The Morgan fingerprint density at radius 1 is 1.44 bits per heavy atom.